The lowest BCUT2D eigenvalue weighted by Gasteiger charge is -2.04. The van der Waals surface area contributed by atoms with Crippen LogP contribution in [0.4, 0.5) is 0 Å². The lowest BCUT2D eigenvalue weighted by molar-refractivity contribution is 0.0951. The fraction of sp³-hybridized carbons (Fsp3) is 0.238. The standard InChI is InChI=1S/C21H21N3O/c1-15-7-9-17(10-8-15)20-19(21(25)22-18-11-12-18)14-24(23-20)13-16-5-3-2-4-6-16/h2-10,14,18H,11-13H2,1H3,(H,22,25). The van der Waals surface area contributed by atoms with Gasteiger partial charge >= 0.3 is 0 Å². The highest BCUT2D eigenvalue weighted by atomic mass is 16.1. The molecule has 1 aliphatic carbocycles. The minimum absolute atomic E-state index is 0.0302. The number of nitrogens with zero attached hydrogens (tertiary/aromatic N) is 2. The van der Waals surface area contributed by atoms with Gasteiger partial charge in [0.1, 0.15) is 5.69 Å². The van der Waals surface area contributed by atoms with Gasteiger partial charge in [-0.05, 0) is 25.3 Å². The Hall–Kier alpha value is -2.88. The van der Waals surface area contributed by atoms with Crippen molar-refractivity contribution in [2.24, 2.45) is 0 Å². The molecule has 4 heteroatoms. The second-order valence-corrected chi connectivity index (χ2v) is 6.69. The zero-order chi connectivity index (χ0) is 17.2. The monoisotopic (exact) mass is 331 g/mol. The fourth-order valence-electron chi connectivity index (χ4n) is 2.85. The molecule has 0 saturated heterocycles. The third kappa shape index (κ3) is 3.63. The molecule has 2 aromatic carbocycles. The number of rotatable bonds is 5. The highest BCUT2D eigenvalue weighted by Crippen LogP contribution is 2.25. The number of carbonyl (C=O) groups is 1. The smallest absolute Gasteiger partial charge is 0.255 e. The molecule has 4 rings (SSSR count). The van der Waals surface area contributed by atoms with E-state index in [0.717, 1.165) is 29.7 Å². The summed E-state index contributed by atoms with van der Waals surface area (Å²) in [5.74, 6) is -0.0302. The highest BCUT2D eigenvalue weighted by molar-refractivity contribution is 6.00. The average Bonchev–Trinajstić information content (AvgIpc) is 3.34. The van der Waals surface area contributed by atoms with Crippen molar-refractivity contribution in [3.63, 3.8) is 0 Å². The number of amides is 1. The molecule has 25 heavy (non-hydrogen) atoms. The summed E-state index contributed by atoms with van der Waals surface area (Å²) in [6, 6.07) is 18.6. The van der Waals surface area contributed by atoms with E-state index >= 15 is 0 Å². The maximum absolute atomic E-state index is 12.7. The number of hydrogen-bond donors (Lipinski definition) is 1. The van der Waals surface area contributed by atoms with Crippen LogP contribution in [0.2, 0.25) is 0 Å². The largest absolute Gasteiger partial charge is 0.349 e. The Morgan fingerprint density at radius 2 is 1.84 bits per heavy atom. The van der Waals surface area contributed by atoms with Crippen molar-refractivity contribution in [1.29, 1.82) is 0 Å². The van der Waals surface area contributed by atoms with Crippen LogP contribution in [0.25, 0.3) is 11.3 Å². The van der Waals surface area contributed by atoms with Crippen molar-refractivity contribution in [1.82, 2.24) is 15.1 Å². The molecular formula is C21H21N3O. The molecule has 1 aromatic heterocycles. The van der Waals surface area contributed by atoms with E-state index in [9.17, 15) is 4.79 Å². The predicted molar refractivity (Wildman–Crippen MR) is 98.4 cm³/mol. The molecule has 1 amide bonds. The van der Waals surface area contributed by atoms with Gasteiger partial charge in [-0.1, -0.05) is 60.2 Å². The van der Waals surface area contributed by atoms with Crippen molar-refractivity contribution in [3.05, 3.63) is 77.5 Å². The minimum atomic E-state index is -0.0302. The molecule has 1 N–H and O–H groups in total. The van der Waals surface area contributed by atoms with E-state index in [1.807, 2.05) is 53.3 Å². The first-order chi connectivity index (χ1) is 12.2. The average molecular weight is 331 g/mol. The van der Waals surface area contributed by atoms with Crippen LogP contribution in [0.1, 0.15) is 34.3 Å². The molecule has 0 unspecified atom stereocenters. The Morgan fingerprint density at radius 1 is 1.12 bits per heavy atom. The Morgan fingerprint density at radius 3 is 2.52 bits per heavy atom. The van der Waals surface area contributed by atoms with Gasteiger partial charge in [0.05, 0.1) is 12.1 Å². The van der Waals surface area contributed by atoms with Crippen LogP contribution in [0, 0.1) is 6.92 Å². The first-order valence-electron chi connectivity index (χ1n) is 8.68. The Labute approximate surface area is 147 Å². The summed E-state index contributed by atoms with van der Waals surface area (Å²) in [7, 11) is 0. The van der Waals surface area contributed by atoms with E-state index in [2.05, 4.69) is 24.4 Å². The molecule has 0 radical (unpaired) electrons. The zero-order valence-electron chi connectivity index (χ0n) is 14.3. The Bertz CT molecular complexity index is 877. The van der Waals surface area contributed by atoms with Gasteiger partial charge in [0.15, 0.2) is 0 Å². The first-order valence-corrected chi connectivity index (χ1v) is 8.68. The van der Waals surface area contributed by atoms with Crippen LogP contribution < -0.4 is 5.32 Å². The summed E-state index contributed by atoms with van der Waals surface area (Å²) in [4.78, 5) is 12.7. The molecule has 0 aliphatic heterocycles. The number of hydrogen-bond acceptors (Lipinski definition) is 2. The van der Waals surface area contributed by atoms with Crippen LogP contribution in [0.15, 0.2) is 60.8 Å². The second kappa shape index (κ2) is 6.55. The molecule has 126 valence electrons. The molecule has 1 heterocycles. The summed E-state index contributed by atoms with van der Waals surface area (Å²) >= 11 is 0. The van der Waals surface area contributed by atoms with E-state index in [0.29, 0.717) is 18.2 Å². The Kier molecular flexibility index (Phi) is 4.10. The van der Waals surface area contributed by atoms with Crippen LogP contribution in [-0.2, 0) is 6.54 Å². The summed E-state index contributed by atoms with van der Waals surface area (Å²) in [6.45, 7) is 2.70. The van der Waals surface area contributed by atoms with Crippen LogP contribution >= 0.6 is 0 Å². The second-order valence-electron chi connectivity index (χ2n) is 6.69. The summed E-state index contributed by atoms with van der Waals surface area (Å²) in [5.41, 5.74) is 4.71. The number of benzene rings is 2. The maximum atomic E-state index is 12.7. The third-order valence-electron chi connectivity index (χ3n) is 4.43. The number of aromatic nitrogens is 2. The molecule has 0 atom stereocenters. The van der Waals surface area contributed by atoms with Crippen LogP contribution in [-0.4, -0.2) is 21.7 Å². The minimum Gasteiger partial charge on any atom is -0.349 e. The summed E-state index contributed by atoms with van der Waals surface area (Å²) in [5, 5.41) is 7.79. The molecule has 1 fully saturated rings. The molecule has 1 saturated carbocycles. The number of aryl methyl sites for hydroxylation is 1. The molecule has 4 nitrogen and oxygen atoms in total. The quantitative estimate of drug-likeness (QED) is 0.773. The van der Waals surface area contributed by atoms with Gasteiger partial charge in [0.2, 0.25) is 0 Å². The SMILES string of the molecule is Cc1ccc(-c2nn(Cc3ccccc3)cc2C(=O)NC2CC2)cc1. The van der Waals surface area contributed by atoms with E-state index in [1.54, 1.807) is 0 Å². The van der Waals surface area contributed by atoms with Gasteiger partial charge in [-0.15, -0.1) is 0 Å². The van der Waals surface area contributed by atoms with Crippen molar-refractivity contribution >= 4 is 5.91 Å². The normalized spacial score (nSPS) is 13.6. The third-order valence-corrected chi connectivity index (χ3v) is 4.43. The van der Waals surface area contributed by atoms with Gasteiger partial charge in [0.25, 0.3) is 5.91 Å². The molecule has 0 bridgehead atoms. The Balaban J connectivity index is 1.69. The molecule has 3 aromatic rings. The fourth-order valence-corrected chi connectivity index (χ4v) is 2.85. The van der Waals surface area contributed by atoms with E-state index in [-0.39, 0.29) is 5.91 Å². The van der Waals surface area contributed by atoms with Gasteiger partial charge in [-0.3, -0.25) is 9.48 Å². The van der Waals surface area contributed by atoms with Crippen LogP contribution in [0.3, 0.4) is 0 Å². The van der Waals surface area contributed by atoms with Gasteiger partial charge in [-0.25, -0.2) is 0 Å². The molecule has 0 spiro atoms. The zero-order valence-corrected chi connectivity index (χ0v) is 14.3. The van der Waals surface area contributed by atoms with E-state index in [4.69, 9.17) is 5.10 Å². The van der Waals surface area contributed by atoms with Crippen molar-refractivity contribution in [2.75, 3.05) is 0 Å². The van der Waals surface area contributed by atoms with Crippen LogP contribution in [0.5, 0.6) is 0 Å². The molecular weight excluding hydrogens is 310 g/mol. The van der Waals surface area contributed by atoms with Crippen molar-refractivity contribution in [2.45, 2.75) is 32.4 Å². The topological polar surface area (TPSA) is 46.9 Å². The van der Waals surface area contributed by atoms with Gasteiger partial charge in [0, 0.05) is 17.8 Å². The lowest BCUT2D eigenvalue weighted by Crippen LogP contribution is -2.25. The lowest BCUT2D eigenvalue weighted by atomic mass is 10.1. The maximum Gasteiger partial charge on any atom is 0.255 e. The van der Waals surface area contributed by atoms with Crippen molar-refractivity contribution in [3.8, 4) is 11.3 Å². The van der Waals surface area contributed by atoms with E-state index < -0.39 is 0 Å². The first kappa shape index (κ1) is 15.6. The molecule has 1 aliphatic rings. The predicted octanol–water partition coefficient (Wildman–Crippen LogP) is 3.80. The van der Waals surface area contributed by atoms with Crippen molar-refractivity contribution < 1.29 is 4.79 Å². The highest BCUT2D eigenvalue weighted by Gasteiger charge is 2.26. The van der Waals surface area contributed by atoms with Gasteiger partial charge in [-0.2, -0.15) is 5.10 Å². The van der Waals surface area contributed by atoms with Gasteiger partial charge < -0.3 is 5.32 Å². The number of carbonyl (C=O) groups excluding carboxylic acids is 1. The van der Waals surface area contributed by atoms with E-state index in [1.165, 1.54) is 5.56 Å². The summed E-state index contributed by atoms with van der Waals surface area (Å²) < 4.78 is 1.85. The number of nitrogens with one attached hydrogen (secondary N) is 1. The summed E-state index contributed by atoms with van der Waals surface area (Å²) in [6.07, 6.45) is 4.01.